The molecule has 1 aromatic carbocycles. The third-order valence-electron chi connectivity index (χ3n) is 4.11. The number of halogens is 1. The van der Waals surface area contributed by atoms with Crippen molar-refractivity contribution >= 4 is 17.6 Å². The van der Waals surface area contributed by atoms with Crippen LogP contribution in [0.4, 0.5) is 0 Å². The topological polar surface area (TPSA) is 49.8 Å². The number of benzene rings is 1. The third kappa shape index (κ3) is 4.90. The quantitative estimate of drug-likeness (QED) is 0.874. The van der Waals surface area contributed by atoms with Crippen molar-refractivity contribution in [3.8, 4) is 5.75 Å². The van der Waals surface area contributed by atoms with Gasteiger partial charge in [0.1, 0.15) is 5.75 Å². The molecule has 0 radical (unpaired) electrons. The molecule has 0 bridgehead atoms. The second kappa shape index (κ2) is 7.66. The molecule has 0 amide bonds. The number of rotatable bonds is 6. The van der Waals surface area contributed by atoms with Crippen molar-refractivity contribution in [1.82, 2.24) is 4.90 Å². The minimum absolute atomic E-state index is 0.285. The van der Waals surface area contributed by atoms with E-state index in [0.29, 0.717) is 5.92 Å². The Morgan fingerprint density at radius 2 is 2.14 bits per heavy atom. The van der Waals surface area contributed by atoms with Gasteiger partial charge in [-0.05, 0) is 56.5 Å². The van der Waals surface area contributed by atoms with Gasteiger partial charge in [0.25, 0.3) is 0 Å². The van der Waals surface area contributed by atoms with Crippen molar-refractivity contribution in [2.75, 3.05) is 20.2 Å². The Hall–Kier alpha value is -1.26. The van der Waals surface area contributed by atoms with Gasteiger partial charge in [-0.15, -0.1) is 0 Å². The van der Waals surface area contributed by atoms with Crippen LogP contribution < -0.4 is 4.74 Å². The Balaban J connectivity index is 1.86. The molecule has 1 N–H and O–H groups in total. The minimum atomic E-state index is -0.693. The first-order valence-electron chi connectivity index (χ1n) is 7.35. The maximum absolute atomic E-state index is 10.6. The number of ether oxygens (including phenoxy) is 1. The average Bonchev–Trinajstić information content (AvgIpc) is 2.47. The summed E-state index contributed by atoms with van der Waals surface area (Å²) in [5.74, 6) is 0.715. The van der Waals surface area contributed by atoms with Crippen LogP contribution in [-0.2, 0) is 11.3 Å². The molecule has 21 heavy (non-hydrogen) atoms. The molecular formula is C16H22ClNO3. The Kier molecular flexibility index (Phi) is 5.88. The van der Waals surface area contributed by atoms with E-state index in [0.717, 1.165) is 55.2 Å². The van der Waals surface area contributed by atoms with Crippen LogP contribution in [0, 0.1) is 5.92 Å². The lowest BCUT2D eigenvalue weighted by atomic mass is 9.92. The number of hydrogen-bond donors (Lipinski definition) is 1. The van der Waals surface area contributed by atoms with Crippen molar-refractivity contribution in [3.63, 3.8) is 0 Å². The smallest absolute Gasteiger partial charge is 0.303 e. The second-order valence-corrected chi connectivity index (χ2v) is 6.04. The summed E-state index contributed by atoms with van der Waals surface area (Å²) in [6.07, 6.45) is 3.21. The molecule has 1 fully saturated rings. The number of carboxylic acids is 1. The first-order chi connectivity index (χ1) is 10.1. The number of aliphatic carboxylic acids is 1. The fraction of sp³-hybridized carbons (Fsp3) is 0.562. The second-order valence-electron chi connectivity index (χ2n) is 5.61. The van der Waals surface area contributed by atoms with Gasteiger partial charge in [0.15, 0.2) is 0 Å². The molecule has 1 aliphatic rings. The van der Waals surface area contributed by atoms with Gasteiger partial charge in [-0.2, -0.15) is 0 Å². The van der Waals surface area contributed by atoms with E-state index in [2.05, 4.69) is 4.90 Å². The highest BCUT2D eigenvalue weighted by Gasteiger charge is 2.20. The molecule has 0 saturated carbocycles. The van der Waals surface area contributed by atoms with Gasteiger partial charge >= 0.3 is 5.97 Å². The van der Waals surface area contributed by atoms with Crippen molar-refractivity contribution in [1.29, 1.82) is 0 Å². The highest BCUT2D eigenvalue weighted by molar-refractivity contribution is 6.30. The molecule has 5 heteroatoms. The fourth-order valence-electron chi connectivity index (χ4n) is 2.87. The van der Waals surface area contributed by atoms with E-state index in [1.54, 1.807) is 7.11 Å². The van der Waals surface area contributed by atoms with E-state index in [1.807, 2.05) is 18.2 Å². The largest absolute Gasteiger partial charge is 0.496 e. The standard InChI is InChI=1S/C16H22ClNO3/c1-21-15-4-3-14(17)10-13(15)11-18-8-6-12(7-9-18)2-5-16(19)20/h3-4,10,12H,2,5-9,11H2,1H3,(H,19,20). The molecule has 1 aliphatic heterocycles. The zero-order valence-corrected chi connectivity index (χ0v) is 13.1. The molecule has 1 aromatic rings. The number of carboxylic acid groups (broad SMARTS) is 1. The van der Waals surface area contributed by atoms with Gasteiger partial charge in [0.2, 0.25) is 0 Å². The summed E-state index contributed by atoms with van der Waals surface area (Å²) in [5, 5.41) is 9.46. The number of methoxy groups -OCH3 is 1. The molecule has 0 atom stereocenters. The number of nitrogens with zero attached hydrogens (tertiary/aromatic N) is 1. The van der Waals surface area contributed by atoms with Crippen LogP contribution in [-0.4, -0.2) is 36.2 Å². The van der Waals surface area contributed by atoms with Crippen molar-refractivity contribution in [2.45, 2.75) is 32.2 Å². The number of piperidine rings is 1. The van der Waals surface area contributed by atoms with Crippen LogP contribution in [0.1, 0.15) is 31.2 Å². The molecular weight excluding hydrogens is 290 g/mol. The van der Waals surface area contributed by atoms with Gasteiger partial charge in [0.05, 0.1) is 7.11 Å². The highest BCUT2D eigenvalue weighted by Crippen LogP contribution is 2.27. The highest BCUT2D eigenvalue weighted by atomic mass is 35.5. The summed E-state index contributed by atoms with van der Waals surface area (Å²) in [7, 11) is 1.67. The molecule has 1 saturated heterocycles. The van der Waals surface area contributed by atoms with Gasteiger partial charge in [-0.3, -0.25) is 9.69 Å². The Morgan fingerprint density at radius 1 is 1.43 bits per heavy atom. The zero-order chi connectivity index (χ0) is 15.2. The molecule has 4 nitrogen and oxygen atoms in total. The lowest BCUT2D eigenvalue weighted by Gasteiger charge is -2.32. The van der Waals surface area contributed by atoms with Gasteiger partial charge in [-0.25, -0.2) is 0 Å². The maximum atomic E-state index is 10.6. The van der Waals surface area contributed by atoms with E-state index in [9.17, 15) is 4.79 Å². The lowest BCUT2D eigenvalue weighted by Crippen LogP contribution is -2.33. The normalized spacial score (nSPS) is 16.9. The summed E-state index contributed by atoms with van der Waals surface area (Å²) in [6, 6.07) is 5.69. The van der Waals surface area contributed by atoms with Gasteiger partial charge < -0.3 is 9.84 Å². The first kappa shape index (κ1) is 16.1. The van der Waals surface area contributed by atoms with Crippen LogP contribution in [0.25, 0.3) is 0 Å². The monoisotopic (exact) mass is 311 g/mol. The lowest BCUT2D eigenvalue weighted by molar-refractivity contribution is -0.137. The fourth-order valence-corrected chi connectivity index (χ4v) is 3.07. The SMILES string of the molecule is COc1ccc(Cl)cc1CN1CCC(CCC(=O)O)CC1. The van der Waals surface area contributed by atoms with E-state index < -0.39 is 5.97 Å². The summed E-state index contributed by atoms with van der Waals surface area (Å²) >= 11 is 6.06. The van der Waals surface area contributed by atoms with Crippen LogP contribution >= 0.6 is 11.6 Å². The average molecular weight is 312 g/mol. The molecule has 0 spiro atoms. The molecule has 2 rings (SSSR count). The van der Waals surface area contributed by atoms with Crippen molar-refractivity contribution < 1.29 is 14.6 Å². The van der Waals surface area contributed by atoms with Crippen LogP contribution in [0.15, 0.2) is 18.2 Å². The summed E-state index contributed by atoms with van der Waals surface area (Å²) in [5.41, 5.74) is 1.11. The van der Waals surface area contributed by atoms with Gasteiger partial charge in [-0.1, -0.05) is 11.6 Å². The van der Waals surface area contributed by atoms with E-state index >= 15 is 0 Å². The Bertz CT molecular complexity index is 484. The molecule has 0 unspecified atom stereocenters. The van der Waals surface area contributed by atoms with Crippen LogP contribution in [0.3, 0.4) is 0 Å². The molecule has 1 heterocycles. The van der Waals surface area contributed by atoms with Crippen molar-refractivity contribution in [3.05, 3.63) is 28.8 Å². The predicted octanol–water partition coefficient (Wildman–Crippen LogP) is 3.43. The van der Waals surface area contributed by atoms with E-state index in [4.69, 9.17) is 21.4 Å². The summed E-state index contributed by atoms with van der Waals surface area (Å²) < 4.78 is 5.38. The molecule has 116 valence electrons. The Morgan fingerprint density at radius 3 is 2.76 bits per heavy atom. The number of carbonyl (C=O) groups is 1. The third-order valence-corrected chi connectivity index (χ3v) is 4.35. The van der Waals surface area contributed by atoms with E-state index in [-0.39, 0.29) is 6.42 Å². The van der Waals surface area contributed by atoms with Crippen LogP contribution in [0.2, 0.25) is 5.02 Å². The van der Waals surface area contributed by atoms with Crippen LogP contribution in [0.5, 0.6) is 5.75 Å². The summed E-state index contributed by atoms with van der Waals surface area (Å²) in [6.45, 7) is 2.83. The number of hydrogen-bond acceptors (Lipinski definition) is 3. The zero-order valence-electron chi connectivity index (χ0n) is 12.3. The van der Waals surface area contributed by atoms with Crippen molar-refractivity contribution in [2.24, 2.45) is 5.92 Å². The molecule has 0 aliphatic carbocycles. The van der Waals surface area contributed by atoms with E-state index in [1.165, 1.54) is 0 Å². The van der Waals surface area contributed by atoms with Gasteiger partial charge in [0, 0.05) is 23.6 Å². The maximum Gasteiger partial charge on any atom is 0.303 e. The predicted molar refractivity (Wildman–Crippen MR) is 82.9 cm³/mol. The Labute approximate surface area is 130 Å². The minimum Gasteiger partial charge on any atom is -0.496 e. The summed E-state index contributed by atoms with van der Waals surface area (Å²) in [4.78, 5) is 13.0. The molecule has 0 aromatic heterocycles. The first-order valence-corrected chi connectivity index (χ1v) is 7.73. The number of likely N-dealkylation sites (tertiary alicyclic amines) is 1.